The fraction of sp³-hybridized carbons (Fsp3) is 0.283. The van der Waals surface area contributed by atoms with Gasteiger partial charge in [0, 0.05) is 43.3 Å². The number of nitrogens with one attached hydrogen (secondary N) is 3. The number of para-hydroxylation sites is 2. The lowest BCUT2D eigenvalue weighted by Crippen LogP contribution is -2.48. The normalized spacial score (nSPS) is 15.9. The van der Waals surface area contributed by atoms with Gasteiger partial charge in [0.05, 0.1) is 12.7 Å². The Morgan fingerprint density at radius 2 is 1.24 bits per heavy atom. The number of morpholine rings is 1. The Morgan fingerprint density at radius 1 is 0.709 bits per heavy atom. The minimum Gasteiger partial charge on any atom is -0.465 e. The minimum atomic E-state index is -1.18. The number of carboxylic acid groups (broad SMARTS) is 1. The number of carbonyl (C=O) groups excluding carboxylic acids is 2. The standard InChI is InChI=1S/C46H50N4O5/c1-50(46(53)54)44(43(36-19-7-3-8-20-36)37-21-9-4-10-22-37)45(52)49-41-24-14-12-18-35(41)27-29-39-31-47-38(32-55-39)28-26-34-17-11-13-23-40(34)48-42(51)30-25-33-15-5-2-6-16-33/h2-24,38-39,43-44,47H,25-32H2,1H3,(H,48,51)(H,49,52)(H,53,54)/t38-,39-,44+/m1/s1. The second-order valence-electron chi connectivity index (χ2n) is 14.1. The lowest BCUT2D eigenvalue weighted by atomic mass is 9.84. The molecule has 0 bridgehead atoms. The molecule has 9 heteroatoms. The van der Waals surface area contributed by atoms with E-state index in [9.17, 15) is 19.5 Å². The molecule has 1 aliphatic rings. The van der Waals surface area contributed by atoms with Gasteiger partial charge in [-0.2, -0.15) is 0 Å². The van der Waals surface area contributed by atoms with Gasteiger partial charge >= 0.3 is 6.09 Å². The van der Waals surface area contributed by atoms with Crippen molar-refractivity contribution in [1.82, 2.24) is 10.2 Å². The summed E-state index contributed by atoms with van der Waals surface area (Å²) in [6.07, 6.45) is 3.05. The molecule has 0 spiro atoms. The number of ether oxygens (including phenoxy) is 1. The molecule has 3 atom stereocenters. The van der Waals surface area contributed by atoms with Crippen molar-refractivity contribution in [3.8, 4) is 0 Å². The smallest absolute Gasteiger partial charge is 0.407 e. The Kier molecular flexibility index (Phi) is 13.8. The Bertz CT molecular complexity index is 1940. The zero-order valence-electron chi connectivity index (χ0n) is 31.3. The van der Waals surface area contributed by atoms with Crippen LogP contribution in [0.3, 0.4) is 0 Å². The fourth-order valence-electron chi connectivity index (χ4n) is 7.28. The number of hydrogen-bond acceptors (Lipinski definition) is 5. The first-order chi connectivity index (χ1) is 26.9. The van der Waals surface area contributed by atoms with Crippen molar-refractivity contribution < 1.29 is 24.2 Å². The van der Waals surface area contributed by atoms with E-state index in [2.05, 4.69) is 22.0 Å². The highest BCUT2D eigenvalue weighted by atomic mass is 16.5. The number of aryl methyl sites for hydroxylation is 3. The van der Waals surface area contributed by atoms with Crippen molar-refractivity contribution in [3.63, 3.8) is 0 Å². The highest BCUT2D eigenvalue weighted by Gasteiger charge is 2.37. The molecule has 9 nitrogen and oxygen atoms in total. The zero-order chi connectivity index (χ0) is 38.4. The van der Waals surface area contributed by atoms with E-state index in [4.69, 9.17) is 4.74 Å². The van der Waals surface area contributed by atoms with Crippen molar-refractivity contribution in [3.05, 3.63) is 167 Å². The number of benzene rings is 5. The molecule has 1 aliphatic heterocycles. The summed E-state index contributed by atoms with van der Waals surface area (Å²) in [7, 11) is 1.45. The number of rotatable bonds is 16. The summed E-state index contributed by atoms with van der Waals surface area (Å²) in [5.74, 6) is -0.917. The van der Waals surface area contributed by atoms with Gasteiger partial charge in [-0.1, -0.05) is 127 Å². The maximum atomic E-state index is 14.2. The maximum Gasteiger partial charge on any atom is 0.407 e. The van der Waals surface area contributed by atoms with Crippen LogP contribution in [-0.2, 0) is 33.6 Å². The number of hydrogen-bond donors (Lipinski definition) is 4. The minimum absolute atomic E-state index is 0.00244. The lowest BCUT2D eigenvalue weighted by molar-refractivity contribution is -0.120. The van der Waals surface area contributed by atoms with Crippen LogP contribution in [0.2, 0.25) is 0 Å². The Labute approximate surface area is 323 Å². The predicted molar refractivity (Wildman–Crippen MR) is 217 cm³/mol. The highest BCUT2D eigenvalue weighted by Crippen LogP contribution is 2.32. The number of carbonyl (C=O) groups is 3. The van der Waals surface area contributed by atoms with E-state index in [0.717, 1.165) is 57.7 Å². The predicted octanol–water partition coefficient (Wildman–Crippen LogP) is 7.93. The third-order valence-corrected chi connectivity index (χ3v) is 10.3. The van der Waals surface area contributed by atoms with Gasteiger partial charge in [0.15, 0.2) is 0 Å². The Hall–Kier alpha value is -5.77. The molecular formula is C46H50N4O5. The molecule has 1 saturated heterocycles. The van der Waals surface area contributed by atoms with E-state index in [1.54, 1.807) is 0 Å². The van der Waals surface area contributed by atoms with Gasteiger partial charge in [-0.3, -0.25) is 14.5 Å². The van der Waals surface area contributed by atoms with Crippen LogP contribution in [-0.4, -0.2) is 66.3 Å². The van der Waals surface area contributed by atoms with Gasteiger partial charge in [0.2, 0.25) is 11.8 Å². The fourth-order valence-corrected chi connectivity index (χ4v) is 7.28. The van der Waals surface area contributed by atoms with Crippen molar-refractivity contribution in [2.24, 2.45) is 0 Å². The molecule has 6 rings (SSSR count). The van der Waals surface area contributed by atoms with Crippen LogP contribution >= 0.6 is 0 Å². The molecule has 5 aromatic rings. The molecule has 0 aliphatic carbocycles. The third kappa shape index (κ3) is 10.9. The largest absolute Gasteiger partial charge is 0.465 e. The molecule has 1 fully saturated rings. The SMILES string of the molecule is CN(C(=O)O)[C@H](C(=O)Nc1ccccc1CC[C@@H]1CN[C@H](CCc2ccccc2NC(=O)CCc2ccccc2)CO1)C(c1ccccc1)c1ccccc1. The van der Waals surface area contributed by atoms with Crippen LogP contribution in [0.1, 0.15) is 53.0 Å². The third-order valence-electron chi connectivity index (χ3n) is 10.3. The van der Waals surface area contributed by atoms with Crippen LogP contribution in [0.15, 0.2) is 140 Å². The van der Waals surface area contributed by atoms with Crippen molar-refractivity contribution >= 4 is 29.3 Å². The lowest BCUT2D eigenvalue weighted by Gasteiger charge is -2.33. The van der Waals surface area contributed by atoms with E-state index in [1.807, 2.05) is 133 Å². The van der Waals surface area contributed by atoms with Gasteiger partial charge in [-0.05, 0) is 72.1 Å². The molecule has 284 valence electrons. The molecule has 0 radical (unpaired) electrons. The zero-order valence-corrected chi connectivity index (χ0v) is 31.3. The quantitative estimate of drug-likeness (QED) is 0.0817. The van der Waals surface area contributed by atoms with E-state index in [-0.39, 0.29) is 18.1 Å². The molecule has 0 aromatic heterocycles. The summed E-state index contributed by atoms with van der Waals surface area (Å²) >= 11 is 0. The molecular weight excluding hydrogens is 689 g/mol. The molecule has 0 unspecified atom stereocenters. The highest BCUT2D eigenvalue weighted by molar-refractivity contribution is 5.98. The van der Waals surface area contributed by atoms with Crippen LogP contribution in [0.25, 0.3) is 0 Å². The van der Waals surface area contributed by atoms with E-state index in [1.165, 1.54) is 7.05 Å². The first-order valence-corrected chi connectivity index (χ1v) is 19.1. The molecule has 5 aromatic carbocycles. The second kappa shape index (κ2) is 19.5. The topological polar surface area (TPSA) is 120 Å². The number of anilines is 2. The first-order valence-electron chi connectivity index (χ1n) is 19.1. The van der Waals surface area contributed by atoms with Crippen LogP contribution in [0.4, 0.5) is 16.2 Å². The average Bonchev–Trinajstić information content (AvgIpc) is 3.22. The summed E-state index contributed by atoms with van der Waals surface area (Å²) in [6, 6.07) is 44.0. The van der Waals surface area contributed by atoms with Crippen molar-refractivity contribution in [1.29, 1.82) is 0 Å². The van der Waals surface area contributed by atoms with Gasteiger partial charge in [-0.25, -0.2) is 4.79 Å². The first kappa shape index (κ1) is 38.9. The summed E-state index contributed by atoms with van der Waals surface area (Å²) in [5, 5.41) is 20.0. The molecule has 55 heavy (non-hydrogen) atoms. The molecule has 3 amide bonds. The van der Waals surface area contributed by atoms with E-state index >= 15 is 0 Å². The van der Waals surface area contributed by atoms with Crippen LogP contribution in [0.5, 0.6) is 0 Å². The summed E-state index contributed by atoms with van der Waals surface area (Å²) in [6.45, 7) is 1.29. The van der Waals surface area contributed by atoms with Crippen LogP contribution in [0, 0.1) is 0 Å². The Balaban J connectivity index is 1.03. The van der Waals surface area contributed by atoms with E-state index in [0.29, 0.717) is 38.1 Å². The number of likely N-dealkylation sites (N-methyl/N-ethyl adjacent to an activating group) is 1. The van der Waals surface area contributed by atoms with Gasteiger partial charge < -0.3 is 25.8 Å². The van der Waals surface area contributed by atoms with Gasteiger partial charge in [0.1, 0.15) is 6.04 Å². The van der Waals surface area contributed by atoms with Crippen LogP contribution < -0.4 is 16.0 Å². The summed E-state index contributed by atoms with van der Waals surface area (Å²) in [4.78, 5) is 40.4. The van der Waals surface area contributed by atoms with Gasteiger partial charge in [0.25, 0.3) is 0 Å². The number of amides is 3. The van der Waals surface area contributed by atoms with Gasteiger partial charge in [-0.15, -0.1) is 0 Å². The summed E-state index contributed by atoms with van der Waals surface area (Å²) < 4.78 is 6.32. The molecule has 4 N–H and O–H groups in total. The average molecular weight is 739 g/mol. The van der Waals surface area contributed by atoms with Crippen molar-refractivity contribution in [2.75, 3.05) is 30.8 Å². The monoisotopic (exact) mass is 738 g/mol. The van der Waals surface area contributed by atoms with E-state index < -0.39 is 24.0 Å². The Morgan fingerprint density at radius 3 is 1.80 bits per heavy atom. The maximum absolute atomic E-state index is 14.2. The second-order valence-corrected chi connectivity index (χ2v) is 14.1. The molecule has 1 heterocycles. The number of nitrogens with zero attached hydrogens (tertiary/aromatic N) is 1. The van der Waals surface area contributed by atoms with Crippen molar-refractivity contribution in [2.45, 2.75) is 62.6 Å². The summed E-state index contributed by atoms with van der Waals surface area (Å²) in [5.41, 5.74) is 6.42. The molecule has 0 saturated carbocycles.